The number of fused-ring (bicyclic) bond motifs is 1. The highest BCUT2D eigenvalue weighted by Crippen LogP contribution is 2.41. The molecule has 0 unspecified atom stereocenters. The zero-order valence-electron chi connectivity index (χ0n) is 23.0. The number of rotatable bonds is 11. The van der Waals surface area contributed by atoms with Gasteiger partial charge in [-0.25, -0.2) is 24.5 Å². The summed E-state index contributed by atoms with van der Waals surface area (Å²) < 4.78 is 0. The Balaban J connectivity index is 1.35. The molecule has 2 aliphatic rings. The number of phenols is 1. The number of carbonyl (C=O) groups is 4. The number of thioether (sulfide) groups is 2. The monoisotopic (exact) mass is 688 g/mol. The summed E-state index contributed by atoms with van der Waals surface area (Å²) in [6.07, 6.45) is -1.85. The second kappa shape index (κ2) is 13.0. The lowest BCUT2D eigenvalue weighted by atomic mass is 10.0. The third kappa shape index (κ3) is 6.55. The molecule has 5 rings (SSSR count). The molecular weight excluding hydrogens is 667 g/mol. The van der Waals surface area contributed by atoms with Gasteiger partial charge in [0, 0.05) is 28.5 Å². The third-order valence-electron chi connectivity index (χ3n) is 6.40. The number of benzene rings is 1. The number of aromatic hydroxyl groups is 1. The molecule has 21 heteroatoms. The summed E-state index contributed by atoms with van der Waals surface area (Å²) in [7, 11) is 0. The molecule has 10 N–H and O–H groups in total. The van der Waals surface area contributed by atoms with Crippen LogP contribution in [0.2, 0.25) is 0 Å². The van der Waals surface area contributed by atoms with Crippen molar-refractivity contribution in [2.24, 2.45) is 5.16 Å². The molecule has 1 saturated heterocycles. The van der Waals surface area contributed by atoms with Gasteiger partial charge >= 0.3 is 11.9 Å². The number of hydrogen-bond acceptors (Lipinski definition) is 17. The molecule has 1 fully saturated rings. The SMILES string of the molecule is Nc1cc(N)nc(SCC2=C(C(=O)O)N3C(=O)[C@@H](NC(=O)/C(=N/O[C@H](C(=O)O)c4ccc([O-])c(O)c4)c4csc(N)n4)[C@H]3SC2)n1. The first-order valence-electron chi connectivity index (χ1n) is 12.8. The minimum Gasteiger partial charge on any atom is -0.870 e. The van der Waals surface area contributed by atoms with Crippen molar-refractivity contribution < 1.29 is 44.4 Å². The number of carboxylic acids is 2. The number of amides is 2. The van der Waals surface area contributed by atoms with Crippen LogP contribution in [0.4, 0.5) is 16.8 Å². The minimum atomic E-state index is -1.85. The number of carbonyl (C=O) groups excluding carboxylic acids is 2. The van der Waals surface area contributed by atoms with E-state index in [1.165, 1.54) is 23.2 Å². The van der Waals surface area contributed by atoms with Gasteiger partial charge in [0.1, 0.15) is 40.2 Å². The summed E-state index contributed by atoms with van der Waals surface area (Å²) in [6, 6.07) is 3.11. The second-order valence-corrected chi connectivity index (χ2v) is 12.4. The number of thiazole rings is 1. The predicted octanol–water partition coefficient (Wildman–Crippen LogP) is -0.464. The van der Waals surface area contributed by atoms with Gasteiger partial charge < -0.3 is 47.8 Å². The molecule has 0 bridgehead atoms. The van der Waals surface area contributed by atoms with Crippen LogP contribution < -0.4 is 27.6 Å². The summed E-state index contributed by atoms with van der Waals surface area (Å²) in [4.78, 5) is 69.1. The van der Waals surface area contributed by atoms with Crippen LogP contribution >= 0.6 is 34.9 Å². The molecular formula is C25H22N9O9S3-. The van der Waals surface area contributed by atoms with Gasteiger partial charge in [-0.2, -0.15) is 0 Å². The zero-order chi connectivity index (χ0) is 33.3. The van der Waals surface area contributed by atoms with Crippen LogP contribution in [0.1, 0.15) is 17.4 Å². The lowest BCUT2D eigenvalue weighted by molar-refractivity contribution is -0.270. The Labute approximate surface area is 270 Å². The molecule has 0 aliphatic carbocycles. The van der Waals surface area contributed by atoms with E-state index in [2.05, 4.69) is 25.4 Å². The van der Waals surface area contributed by atoms with Gasteiger partial charge in [-0.15, -0.1) is 23.1 Å². The summed E-state index contributed by atoms with van der Waals surface area (Å²) in [5, 5.41) is 47.9. The molecule has 18 nitrogen and oxygen atoms in total. The normalized spacial score (nSPS) is 18.4. The van der Waals surface area contributed by atoms with E-state index in [4.69, 9.17) is 22.0 Å². The Kier molecular flexibility index (Phi) is 9.07. The van der Waals surface area contributed by atoms with Gasteiger partial charge in [0.2, 0.25) is 6.10 Å². The molecule has 3 aromatic rings. The van der Waals surface area contributed by atoms with Gasteiger partial charge in [0.15, 0.2) is 16.0 Å². The fraction of sp³-hybridized carbons (Fsp3) is 0.200. The van der Waals surface area contributed by atoms with Crippen LogP contribution in [-0.4, -0.2) is 87.6 Å². The Morgan fingerprint density at radius 1 is 1.17 bits per heavy atom. The van der Waals surface area contributed by atoms with Crippen molar-refractivity contribution in [1.82, 2.24) is 25.2 Å². The number of nitrogens with two attached hydrogens (primary N) is 3. The highest BCUT2D eigenvalue weighted by Gasteiger charge is 2.54. The maximum atomic E-state index is 13.4. The summed E-state index contributed by atoms with van der Waals surface area (Å²) >= 11 is 3.24. The Morgan fingerprint density at radius 3 is 2.50 bits per heavy atom. The van der Waals surface area contributed by atoms with E-state index < -0.39 is 58.5 Å². The van der Waals surface area contributed by atoms with Gasteiger partial charge in [0.25, 0.3) is 11.8 Å². The van der Waals surface area contributed by atoms with Gasteiger partial charge in [-0.3, -0.25) is 14.5 Å². The highest BCUT2D eigenvalue weighted by atomic mass is 32.2. The molecule has 2 amide bonds. The van der Waals surface area contributed by atoms with E-state index in [9.17, 15) is 39.6 Å². The number of hydrogen-bond donors (Lipinski definition) is 7. The number of nitrogen functional groups attached to an aromatic ring is 3. The predicted molar refractivity (Wildman–Crippen MR) is 163 cm³/mol. The van der Waals surface area contributed by atoms with Crippen molar-refractivity contribution in [3.8, 4) is 11.5 Å². The average Bonchev–Trinajstić information content (AvgIpc) is 3.42. The summed E-state index contributed by atoms with van der Waals surface area (Å²) in [5.74, 6) is -5.51. The first kappa shape index (κ1) is 32.1. The van der Waals surface area contributed by atoms with Crippen molar-refractivity contribution in [1.29, 1.82) is 0 Å². The molecule has 240 valence electrons. The summed E-state index contributed by atoms with van der Waals surface area (Å²) in [5.41, 5.74) is 16.5. The maximum absolute atomic E-state index is 13.4. The topological polar surface area (TPSA) is 306 Å². The Bertz CT molecular complexity index is 1800. The quantitative estimate of drug-likeness (QED) is 0.0440. The van der Waals surface area contributed by atoms with Crippen LogP contribution in [0, 0.1) is 0 Å². The molecule has 2 aliphatic heterocycles. The Morgan fingerprint density at radius 2 is 1.89 bits per heavy atom. The number of phenolic OH excluding ortho intramolecular Hbond substituents is 1. The number of β-lactam (4-membered cyclic amide) rings is 1. The lowest BCUT2D eigenvalue weighted by Gasteiger charge is -2.49. The van der Waals surface area contributed by atoms with Crippen LogP contribution in [-0.2, 0) is 24.0 Å². The molecule has 0 spiro atoms. The molecule has 3 atom stereocenters. The van der Waals surface area contributed by atoms with E-state index in [0.29, 0.717) is 5.57 Å². The largest absolute Gasteiger partial charge is 0.870 e. The van der Waals surface area contributed by atoms with Gasteiger partial charge in [0.05, 0.1) is 0 Å². The van der Waals surface area contributed by atoms with Crippen LogP contribution in [0.3, 0.4) is 0 Å². The lowest BCUT2D eigenvalue weighted by Crippen LogP contribution is -2.71. The number of oxime groups is 1. The van der Waals surface area contributed by atoms with Crippen molar-refractivity contribution >= 4 is 81.1 Å². The highest BCUT2D eigenvalue weighted by molar-refractivity contribution is 8.01. The van der Waals surface area contributed by atoms with E-state index in [1.807, 2.05) is 0 Å². The van der Waals surface area contributed by atoms with Crippen molar-refractivity contribution in [3.63, 3.8) is 0 Å². The fourth-order valence-electron chi connectivity index (χ4n) is 4.33. The van der Waals surface area contributed by atoms with Crippen LogP contribution in [0.5, 0.6) is 11.5 Å². The zero-order valence-corrected chi connectivity index (χ0v) is 25.5. The minimum absolute atomic E-state index is 0.0443. The smallest absolute Gasteiger partial charge is 0.352 e. The number of nitrogens with one attached hydrogen (secondary N) is 1. The third-order valence-corrected chi connectivity index (χ3v) is 9.34. The van der Waals surface area contributed by atoms with Crippen LogP contribution in [0.25, 0.3) is 0 Å². The number of aromatic nitrogens is 3. The molecule has 0 saturated carbocycles. The van der Waals surface area contributed by atoms with Crippen molar-refractivity contribution in [2.75, 3.05) is 28.7 Å². The summed E-state index contributed by atoms with van der Waals surface area (Å²) in [6.45, 7) is 0. The first-order chi connectivity index (χ1) is 21.8. The van der Waals surface area contributed by atoms with E-state index in [0.717, 1.165) is 46.2 Å². The van der Waals surface area contributed by atoms with Crippen LogP contribution in [0.15, 0.2) is 51.2 Å². The molecule has 2 aromatic heterocycles. The molecule has 4 heterocycles. The first-order valence-corrected chi connectivity index (χ1v) is 15.7. The van der Waals surface area contributed by atoms with E-state index in [1.54, 1.807) is 0 Å². The standard InChI is InChI=1S/C25H23N9O9S3/c26-13-4-14(27)31-25(30-13)46-6-9-5-44-21-16(20(38)34(21)17(9)22(39)40)32-19(37)15(10-7-45-24(28)29-10)33-43-18(23(41)42)8-1-2-11(35)12(36)3-8/h1-4,7,16,18,21,35-36H,5-6H2,(H2,28,29)(H,32,37)(H,39,40)(H,41,42)(H4,26,27,30,31)/p-1/b33-15+/t16-,18+,21-/m1/s1. The fourth-order valence-corrected chi connectivity index (χ4v) is 7.24. The molecule has 46 heavy (non-hydrogen) atoms. The number of aliphatic carboxylic acids is 2. The molecule has 1 aromatic carbocycles. The van der Waals surface area contributed by atoms with Crippen molar-refractivity contribution in [2.45, 2.75) is 22.7 Å². The van der Waals surface area contributed by atoms with Gasteiger partial charge in [-0.1, -0.05) is 34.8 Å². The maximum Gasteiger partial charge on any atom is 0.352 e. The van der Waals surface area contributed by atoms with Gasteiger partial charge in [-0.05, 0) is 11.6 Å². The number of anilines is 3. The number of nitrogens with zero attached hydrogens (tertiary/aromatic N) is 5. The van der Waals surface area contributed by atoms with Crippen molar-refractivity contribution in [3.05, 3.63) is 52.2 Å². The average molecular weight is 689 g/mol. The van der Waals surface area contributed by atoms with E-state index in [-0.39, 0.29) is 50.4 Å². The Hall–Kier alpha value is -5.28. The van der Waals surface area contributed by atoms with E-state index >= 15 is 0 Å². The molecule has 0 radical (unpaired) electrons. The second-order valence-electron chi connectivity index (χ2n) is 9.47. The number of carboxylic acid groups (broad SMARTS) is 2.